The van der Waals surface area contributed by atoms with Gasteiger partial charge in [-0.2, -0.15) is 5.10 Å². The van der Waals surface area contributed by atoms with Gasteiger partial charge in [-0.15, -0.1) is 0 Å². The van der Waals surface area contributed by atoms with E-state index < -0.39 is 0 Å². The normalized spacial score (nSPS) is 10.3. The summed E-state index contributed by atoms with van der Waals surface area (Å²) in [4.78, 5) is 12.0. The number of anilines is 2. The average Bonchev–Trinajstić information content (AvgIpc) is 2.78. The molecule has 0 spiro atoms. The predicted octanol–water partition coefficient (Wildman–Crippen LogP) is 1.81. The van der Waals surface area contributed by atoms with Crippen molar-refractivity contribution in [1.29, 1.82) is 0 Å². The number of carbonyl (C=O) groups excluding carboxylic acids is 1. The lowest BCUT2D eigenvalue weighted by Gasteiger charge is -2.12. The molecule has 2 aromatic rings. The lowest BCUT2D eigenvalue weighted by atomic mass is 10.2. The molecule has 20 heavy (non-hydrogen) atoms. The Balaban J connectivity index is 2.07. The summed E-state index contributed by atoms with van der Waals surface area (Å²) in [6.07, 6.45) is 3.11. The molecule has 0 aliphatic heterocycles. The Labute approximate surface area is 117 Å². The minimum atomic E-state index is -0.182. The molecule has 0 saturated heterocycles. The molecule has 106 valence electrons. The van der Waals surface area contributed by atoms with E-state index in [9.17, 15) is 4.79 Å². The van der Waals surface area contributed by atoms with Gasteiger partial charge in [-0.3, -0.25) is 9.48 Å². The smallest absolute Gasteiger partial charge is 0.246 e. The summed E-state index contributed by atoms with van der Waals surface area (Å²) in [5.74, 6) is 0.485. The number of ether oxygens (including phenoxy) is 1. The number of carbonyl (C=O) groups is 1. The number of hydrogen-bond donors (Lipinski definition) is 2. The molecule has 1 aromatic carbocycles. The largest absolute Gasteiger partial charge is 0.492 e. The highest BCUT2D eigenvalue weighted by atomic mass is 16.5. The number of aryl methyl sites for hydroxylation is 1. The van der Waals surface area contributed by atoms with Crippen LogP contribution in [0.4, 0.5) is 11.4 Å². The molecule has 0 radical (unpaired) electrons. The third-order valence-electron chi connectivity index (χ3n) is 2.67. The fraction of sp³-hybridized carbons (Fsp3) is 0.286. The van der Waals surface area contributed by atoms with Gasteiger partial charge < -0.3 is 15.8 Å². The number of nitrogens with two attached hydrogens (primary N) is 1. The first-order valence-corrected chi connectivity index (χ1v) is 6.39. The summed E-state index contributed by atoms with van der Waals surface area (Å²) in [7, 11) is 0. The Bertz CT molecular complexity index is 607. The molecule has 0 atom stereocenters. The highest BCUT2D eigenvalue weighted by Gasteiger charge is 2.09. The van der Waals surface area contributed by atoms with Gasteiger partial charge in [-0.1, -0.05) is 6.07 Å². The van der Waals surface area contributed by atoms with Crippen LogP contribution in [0.3, 0.4) is 0 Å². The van der Waals surface area contributed by atoms with Gasteiger partial charge in [0.2, 0.25) is 5.91 Å². The highest BCUT2D eigenvalue weighted by molar-refractivity contribution is 5.92. The Morgan fingerprint density at radius 1 is 1.50 bits per heavy atom. The summed E-state index contributed by atoms with van der Waals surface area (Å²) >= 11 is 0. The fourth-order valence-electron chi connectivity index (χ4n) is 1.81. The van der Waals surface area contributed by atoms with E-state index in [0.29, 0.717) is 23.7 Å². The quantitative estimate of drug-likeness (QED) is 0.871. The van der Waals surface area contributed by atoms with E-state index in [2.05, 4.69) is 10.4 Å². The van der Waals surface area contributed by atoms with Gasteiger partial charge in [0.1, 0.15) is 12.3 Å². The molecule has 0 fully saturated rings. The monoisotopic (exact) mass is 274 g/mol. The zero-order valence-corrected chi connectivity index (χ0v) is 11.6. The minimum absolute atomic E-state index is 0.108. The molecule has 1 amide bonds. The third-order valence-corrected chi connectivity index (χ3v) is 2.67. The molecule has 0 bridgehead atoms. The number of nitrogens with zero attached hydrogens (tertiary/aromatic N) is 2. The van der Waals surface area contributed by atoms with Crippen molar-refractivity contribution in [2.75, 3.05) is 17.7 Å². The fourth-order valence-corrected chi connectivity index (χ4v) is 1.81. The second-order valence-corrected chi connectivity index (χ2v) is 4.45. The molecule has 0 aliphatic carbocycles. The molecule has 6 nitrogen and oxygen atoms in total. The zero-order chi connectivity index (χ0) is 14.5. The first kappa shape index (κ1) is 13.9. The number of hydrogen-bond acceptors (Lipinski definition) is 4. The van der Waals surface area contributed by atoms with E-state index in [0.717, 1.165) is 5.56 Å². The zero-order valence-electron chi connectivity index (χ0n) is 11.6. The van der Waals surface area contributed by atoms with Crippen LogP contribution in [0.5, 0.6) is 5.75 Å². The van der Waals surface area contributed by atoms with E-state index in [4.69, 9.17) is 10.5 Å². The van der Waals surface area contributed by atoms with Gasteiger partial charge in [-0.05, 0) is 31.5 Å². The summed E-state index contributed by atoms with van der Waals surface area (Å²) in [5, 5.41) is 6.78. The number of rotatable bonds is 5. The molecular formula is C14H18N4O2. The molecule has 0 aliphatic rings. The van der Waals surface area contributed by atoms with Crippen molar-refractivity contribution in [1.82, 2.24) is 9.78 Å². The van der Waals surface area contributed by atoms with Crippen LogP contribution in [-0.2, 0) is 11.3 Å². The van der Waals surface area contributed by atoms with Crippen molar-refractivity contribution < 1.29 is 9.53 Å². The lowest BCUT2D eigenvalue weighted by Crippen LogP contribution is -2.19. The van der Waals surface area contributed by atoms with Crippen molar-refractivity contribution in [3.63, 3.8) is 0 Å². The maximum atomic E-state index is 12.0. The van der Waals surface area contributed by atoms with E-state index in [-0.39, 0.29) is 12.5 Å². The second-order valence-electron chi connectivity index (χ2n) is 4.45. The summed E-state index contributed by atoms with van der Waals surface area (Å²) in [6.45, 7) is 4.53. The summed E-state index contributed by atoms with van der Waals surface area (Å²) in [5.41, 5.74) is 7.81. The first-order chi connectivity index (χ1) is 9.58. The highest BCUT2D eigenvalue weighted by Crippen LogP contribution is 2.25. The molecule has 1 heterocycles. The first-order valence-electron chi connectivity index (χ1n) is 6.39. The van der Waals surface area contributed by atoms with Crippen LogP contribution in [0.1, 0.15) is 12.5 Å². The maximum Gasteiger partial charge on any atom is 0.246 e. The molecule has 2 rings (SSSR count). The van der Waals surface area contributed by atoms with Crippen LogP contribution >= 0.6 is 0 Å². The van der Waals surface area contributed by atoms with E-state index >= 15 is 0 Å². The average molecular weight is 274 g/mol. The van der Waals surface area contributed by atoms with Gasteiger partial charge >= 0.3 is 0 Å². The second kappa shape index (κ2) is 6.10. The van der Waals surface area contributed by atoms with Crippen molar-refractivity contribution in [3.8, 4) is 5.75 Å². The van der Waals surface area contributed by atoms with Crippen LogP contribution in [-0.4, -0.2) is 22.3 Å². The topological polar surface area (TPSA) is 82.2 Å². The van der Waals surface area contributed by atoms with Gasteiger partial charge in [0.25, 0.3) is 0 Å². The van der Waals surface area contributed by atoms with Crippen molar-refractivity contribution in [2.24, 2.45) is 0 Å². The van der Waals surface area contributed by atoms with Crippen molar-refractivity contribution in [2.45, 2.75) is 20.4 Å². The minimum Gasteiger partial charge on any atom is -0.492 e. The van der Waals surface area contributed by atoms with Crippen LogP contribution < -0.4 is 15.8 Å². The Hall–Kier alpha value is -2.50. The molecule has 0 unspecified atom stereocenters. The summed E-state index contributed by atoms with van der Waals surface area (Å²) < 4.78 is 7.00. The number of aromatic nitrogens is 2. The van der Waals surface area contributed by atoms with Crippen molar-refractivity contribution in [3.05, 3.63) is 36.2 Å². The molecule has 6 heteroatoms. The van der Waals surface area contributed by atoms with E-state index in [1.807, 2.05) is 32.0 Å². The van der Waals surface area contributed by atoms with E-state index in [1.165, 1.54) is 10.9 Å². The van der Waals surface area contributed by atoms with Crippen LogP contribution in [0, 0.1) is 6.92 Å². The number of nitrogen functional groups attached to an aromatic ring is 1. The van der Waals surface area contributed by atoms with E-state index in [1.54, 1.807) is 6.20 Å². The number of benzene rings is 1. The standard InChI is InChI=1S/C14H18N4O2/c1-3-20-13-6-10(2)4-5-12(13)17-14(19)9-18-8-11(15)7-16-18/h4-8H,3,9,15H2,1-2H3,(H,17,19). The van der Waals surface area contributed by atoms with Gasteiger partial charge in [0.05, 0.1) is 24.2 Å². The van der Waals surface area contributed by atoms with Crippen LogP contribution in [0.2, 0.25) is 0 Å². The number of amides is 1. The lowest BCUT2D eigenvalue weighted by molar-refractivity contribution is -0.116. The van der Waals surface area contributed by atoms with Crippen LogP contribution in [0.25, 0.3) is 0 Å². The SMILES string of the molecule is CCOc1cc(C)ccc1NC(=O)Cn1cc(N)cn1. The number of nitrogens with one attached hydrogen (secondary N) is 1. The summed E-state index contributed by atoms with van der Waals surface area (Å²) in [6, 6.07) is 5.64. The van der Waals surface area contributed by atoms with Gasteiger partial charge in [0, 0.05) is 6.20 Å². The Morgan fingerprint density at radius 3 is 2.95 bits per heavy atom. The molecule has 3 N–H and O–H groups in total. The Morgan fingerprint density at radius 2 is 2.30 bits per heavy atom. The maximum absolute atomic E-state index is 12.0. The third kappa shape index (κ3) is 3.50. The van der Waals surface area contributed by atoms with Crippen LogP contribution in [0.15, 0.2) is 30.6 Å². The molecule has 0 saturated carbocycles. The Kier molecular flexibility index (Phi) is 4.24. The molecule has 1 aromatic heterocycles. The predicted molar refractivity (Wildman–Crippen MR) is 77.6 cm³/mol. The van der Waals surface area contributed by atoms with Gasteiger partial charge in [-0.25, -0.2) is 0 Å². The van der Waals surface area contributed by atoms with Gasteiger partial charge in [0.15, 0.2) is 0 Å². The van der Waals surface area contributed by atoms with Crippen molar-refractivity contribution >= 4 is 17.3 Å². The molecular weight excluding hydrogens is 256 g/mol.